The van der Waals surface area contributed by atoms with Crippen LogP contribution in [0.2, 0.25) is 0 Å². The normalized spacial score (nSPS) is 17.4. The molecule has 572 valence electrons. The lowest BCUT2D eigenvalue weighted by molar-refractivity contribution is -0.136. The number of H-pyrrole nitrogens is 4. The quantitative estimate of drug-likeness (QED) is 0.0329. The highest BCUT2D eigenvalue weighted by Gasteiger charge is 2.40. The van der Waals surface area contributed by atoms with Crippen LogP contribution in [0.5, 0.6) is 0 Å². The van der Waals surface area contributed by atoms with Gasteiger partial charge >= 0.3 is 24.4 Å². The molecule has 0 saturated carbocycles. The number of nitrogens with zero attached hydrogens (tertiary/aromatic N) is 8. The lowest BCUT2D eigenvalue weighted by Crippen LogP contribution is -2.51. The highest BCUT2D eigenvalue weighted by Crippen LogP contribution is 2.42. The second kappa shape index (κ2) is 33.8. The number of hydrogen-bond donors (Lipinski definition) is 8. The number of rotatable bonds is 20. The van der Waals surface area contributed by atoms with Gasteiger partial charge in [-0.05, 0) is 118 Å². The Balaban J connectivity index is 0.000000194. The lowest BCUT2D eigenvalue weighted by Gasteiger charge is -2.30. The van der Waals surface area contributed by atoms with Gasteiger partial charge in [0.2, 0.25) is 23.6 Å². The van der Waals surface area contributed by atoms with E-state index in [2.05, 4.69) is 153 Å². The van der Waals surface area contributed by atoms with Crippen LogP contribution in [-0.2, 0) is 38.1 Å². The van der Waals surface area contributed by atoms with Gasteiger partial charge in [0.15, 0.2) is 0 Å². The number of aromatic amines is 4. The van der Waals surface area contributed by atoms with E-state index in [1.165, 1.54) is 28.4 Å². The number of hydrogen-bond acceptors (Lipinski definition) is 16. The zero-order valence-corrected chi connectivity index (χ0v) is 62.9. The third kappa shape index (κ3) is 16.2. The van der Waals surface area contributed by atoms with Crippen molar-refractivity contribution in [3.05, 3.63) is 169 Å². The minimum absolute atomic E-state index is 0.111. The van der Waals surface area contributed by atoms with Crippen molar-refractivity contribution in [2.24, 2.45) is 11.8 Å². The maximum Gasteiger partial charge on any atom is 0.407 e. The number of aromatic nitrogens is 8. The van der Waals surface area contributed by atoms with Gasteiger partial charge in [0.25, 0.3) is 0 Å². The van der Waals surface area contributed by atoms with Gasteiger partial charge in [-0.25, -0.2) is 39.1 Å². The number of alkyl carbamates (subject to hydrolysis) is 4. The Labute approximate surface area is 636 Å². The summed E-state index contributed by atoms with van der Waals surface area (Å²) in [6.07, 6.45) is 11.2. The number of fused-ring (bicyclic) bond motifs is 2. The van der Waals surface area contributed by atoms with E-state index in [0.717, 1.165) is 152 Å². The Kier molecular flexibility index (Phi) is 23.3. The van der Waals surface area contributed by atoms with Gasteiger partial charge in [-0.1, -0.05) is 149 Å². The smallest absolute Gasteiger partial charge is 0.407 e. The van der Waals surface area contributed by atoms with Gasteiger partial charge in [-0.15, -0.1) is 0 Å². The second-order valence-electron chi connectivity index (χ2n) is 28.6. The zero-order chi connectivity index (χ0) is 77.3. The molecule has 28 nitrogen and oxygen atoms in total. The first kappa shape index (κ1) is 75.9. The van der Waals surface area contributed by atoms with E-state index in [1.807, 2.05) is 80.4 Å². The number of nitrogens with one attached hydrogen (secondary N) is 8. The average Bonchev–Trinajstić information content (AvgIpc) is 1.12. The number of methoxy groups -OCH3 is 4. The molecule has 0 unspecified atom stereocenters. The molecule has 6 atom stereocenters. The van der Waals surface area contributed by atoms with Crippen molar-refractivity contribution in [1.29, 1.82) is 0 Å². The van der Waals surface area contributed by atoms with Crippen molar-refractivity contribution >= 4 is 69.5 Å². The molecule has 28 heteroatoms. The van der Waals surface area contributed by atoms with E-state index < -0.39 is 36.5 Å². The zero-order valence-electron chi connectivity index (χ0n) is 62.9. The molecule has 8 N–H and O–H groups in total. The maximum absolute atomic E-state index is 13.7. The van der Waals surface area contributed by atoms with Crippen molar-refractivity contribution < 1.29 is 57.3 Å². The van der Waals surface area contributed by atoms with Crippen LogP contribution in [0.15, 0.2) is 146 Å². The number of likely N-dealkylation sites (tertiary alicyclic amines) is 4. The van der Waals surface area contributed by atoms with E-state index in [1.54, 1.807) is 16.0 Å². The fraction of sp³-hybridized carbons (Fsp3) is 0.366. The highest BCUT2D eigenvalue weighted by atomic mass is 16.5. The van der Waals surface area contributed by atoms with Crippen molar-refractivity contribution in [3.8, 4) is 67.3 Å². The topological polar surface area (TPSA) is 349 Å². The third-order valence-electron chi connectivity index (χ3n) is 21.2. The molecule has 4 saturated heterocycles. The molecule has 4 aromatic heterocycles. The van der Waals surface area contributed by atoms with Crippen LogP contribution in [0.1, 0.15) is 127 Å². The first-order chi connectivity index (χ1) is 53.3. The Bertz CT molecular complexity index is 5010. The molecule has 0 bridgehead atoms. The molecule has 10 aromatic rings. The summed E-state index contributed by atoms with van der Waals surface area (Å²) in [5, 5.41) is 14.7. The second-order valence-corrected chi connectivity index (χ2v) is 28.6. The Hall–Kier alpha value is -12.4. The van der Waals surface area contributed by atoms with Crippen LogP contribution >= 0.6 is 0 Å². The van der Waals surface area contributed by atoms with Crippen molar-refractivity contribution in [1.82, 2.24) is 80.7 Å². The lowest BCUT2D eigenvalue weighted by atomic mass is 9.93. The molecule has 6 aromatic carbocycles. The number of ether oxygens (including phenoxy) is 4. The SMILES string of the molecule is COC(=O)NCC(=O)N1CCC[C@H]1c1ncc(-c2ccc(-c3ccc(-c4cnc([C@@H]5CCCN5C(=O)CNC(=O)OC)[nH]4)c4ccccc34)cc2)[nH]1.COC(=O)N[C@@H](C(=O)N1CCC[C@H]1c1ncc(-c2ccc(-c3ccc(-c4cnc([C@@H]5CCCN5C(=O)[C@H](NC(=O)OC)C(C)C)[nH]4)c4ccccc34)cc2)[nH]1)C(C)C. The van der Waals surface area contributed by atoms with Gasteiger partial charge < -0.3 is 79.8 Å². The molecular weight excluding hydrogens is 1400 g/mol. The number of carbonyl (C=O) groups is 8. The molecule has 14 rings (SSSR count). The molecule has 4 aliphatic heterocycles. The fourth-order valence-electron chi connectivity index (χ4n) is 15.5. The van der Waals surface area contributed by atoms with Gasteiger partial charge in [-0.2, -0.15) is 0 Å². The summed E-state index contributed by atoms with van der Waals surface area (Å²) in [6, 6.07) is 39.4. The van der Waals surface area contributed by atoms with Gasteiger partial charge in [0.1, 0.15) is 48.5 Å². The molecule has 4 aliphatic rings. The summed E-state index contributed by atoms with van der Waals surface area (Å²) in [4.78, 5) is 140. The average molecular weight is 1490 g/mol. The first-order valence-electron chi connectivity index (χ1n) is 37.3. The molecule has 8 amide bonds. The first-order valence-corrected chi connectivity index (χ1v) is 37.3. The van der Waals surface area contributed by atoms with Crippen molar-refractivity contribution in [2.75, 3.05) is 67.7 Å². The van der Waals surface area contributed by atoms with Gasteiger partial charge in [-0.3, -0.25) is 19.2 Å². The van der Waals surface area contributed by atoms with E-state index in [9.17, 15) is 38.4 Å². The molecule has 4 fully saturated rings. The number of carbonyl (C=O) groups excluding carboxylic acids is 8. The van der Waals surface area contributed by atoms with Crippen LogP contribution in [-0.4, -0.2) is 187 Å². The van der Waals surface area contributed by atoms with Crippen molar-refractivity contribution in [2.45, 2.75) is 115 Å². The Morgan fingerprint density at radius 2 is 0.655 bits per heavy atom. The monoisotopic (exact) mass is 1490 g/mol. The van der Waals surface area contributed by atoms with E-state index in [4.69, 9.17) is 24.4 Å². The molecule has 0 spiro atoms. The number of benzene rings is 6. The number of imidazole rings is 4. The molecular formula is C82H92N16O12. The van der Waals surface area contributed by atoms with Gasteiger partial charge in [0, 0.05) is 37.3 Å². The summed E-state index contributed by atoms with van der Waals surface area (Å²) >= 11 is 0. The Morgan fingerprint density at radius 1 is 0.373 bits per heavy atom. The summed E-state index contributed by atoms with van der Waals surface area (Å²) in [6.45, 7) is 9.72. The largest absolute Gasteiger partial charge is 0.453 e. The van der Waals surface area contributed by atoms with Gasteiger partial charge in [0.05, 0.1) is 100 Å². The van der Waals surface area contributed by atoms with E-state index >= 15 is 0 Å². The number of amides is 8. The van der Waals surface area contributed by atoms with E-state index in [-0.39, 0.29) is 72.7 Å². The summed E-state index contributed by atoms with van der Waals surface area (Å²) in [7, 11) is 5.11. The standard InChI is InChI=1S/C44H52N8O6.C38H40N8O6/c1-25(2)37(49-43(55)57-5)41(53)51-21-9-13-35(51)39-45-23-33(47-39)28-17-15-27(16-18-28)29-19-20-32(31-12-8-7-11-30(29)31)34-24-46-40(48-34)36-14-10-22-52(36)42(54)38(26(3)4)50-44(56)58-6;1-51-37(49)41-21-33(47)45-17-5-9-31(45)35-39-19-29(43-35)24-13-11-23(12-14-24)25-15-16-28(27-8-4-3-7-26(25)27)30-20-40-36(44-30)32-10-6-18-46(32)34(48)22-42-38(50)52-2/h7-8,11-12,15-20,23-26,35-38H,9-10,13-14,21-22H2,1-6H3,(H,45,47)(H,46,48)(H,49,55)(H,50,56);3-4,7-8,11-16,19-20,31-32H,5-6,9-10,17-18,21-22H2,1-2H3,(H,39,43)(H,40,44)(H,41,49)(H,42,50)/t35-,36-,37+,38+;31-,32-/m00/s1. The molecule has 110 heavy (non-hydrogen) atoms. The van der Waals surface area contributed by atoms with E-state index in [0.29, 0.717) is 37.8 Å². The van der Waals surface area contributed by atoms with Crippen LogP contribution in [0.25, 0.3) is 88.8 Å². The Morgan fingerprint density at radius 3 is 0.982 bits per heavy atom. The van der Waals surface area contributed by atoms with Crippen molar-refractivity contribution in [3.63, 3.8) is 0 Å². The third-order valence-corrected chi connectivity index (χ3v) is 21.2. The molecule has 0 aliphatic carbocycles. The minimum atomic E-state index is -0.702. The predicted molar refractivity (Wildman–Crippen MR) is 413 cm³/mol. The maximum atomic E-state index is 13.7. The summed E-state index contributed by atoms with van der Waals surface area (Å²) in [5.74, 6) is 1.99. The van der Waals surface area contributed by atoms with Crippen LogP contribution in [0.4, 0.5) is 19.2 Å². The summed E-state index contributed by atoms with van der Waals surface area (Å²) in [5.41, 5.74) is 11.7. The molecule has 0 radical (unpaired) electrons. The van der Waals surface area contributed by atoms with Crippen LogP contribution in [0, 0.1) is 11.8 Å². The highest BCUT2D eigenvalue weighted by molar-refractivity contribution is 6.06. The van der Waals surface area contributed by atoms with Crippen LogP contribution in [0.3, 0.4) is 0 Å². The minimum Gasteiger partial charge on any atom is -0.453 e. The fourth-order valence-corrected chi connectivity index (χ4v) is 15.5. The summed E-state index contributed by atoms with van der Waals surface area (Å²) < 4.78 is 18.7. The molecule has 8 heterocycles. The predicted octanol–water partition coefficient (Wildman–Crippen LogP) is 12.7. The van der Waals surface area contributed by atoms with Crippen LogP contribution < -0.4 is 21.3 Å².